The summed E-state index contributed by atoms with van der Waals surface area (Å²) in [4.78, 5) is 34.0. The van der Waals surface area contributed by atoms with Gasteiger partial charge in [0.05, 0.1) is 21.6 Å². The van der Waals surface area contributed by atoms with Crippen molar-refractivity contribution in [3.63, 3.8) is 0 Å². The standard InChI is InChI=1S/C21H21N5O6/c1-12-5-6-13(2)20(7-12)32-18-9-16(8-17(10-18)25(28)29)23-21(27)15(4)24-14(3)19(11-22-24)26(30)31/h5-11,15H,1-4H3,(H,23,27). The second-order valence-corrected chi connectivity index (χ2v) is 7.33. The number of amides is 1. The van der Waals surface area contributed by atoms with E-state index in [4.69, 9.17) is 4.74 Å². The monoisotopic (exact) mass is 439 g/mol. The largest absolute Gasteiger partial charge is 0.457 e. The molecule has 1 atom stereocenters. The maximum atomic E-state index is 12.7. The molecule has 11 heteroatoms. The minimum atomic E-state index is -0.897. The van der Waals surface area contributed by atoms with Gasteiger partial charge < -0.3 is 10.1 Å². The smallest absolute Gasteiger partial charge is 0.309 e. The van der Waals surface area contributed by atoms with Crippen LogP contribution in [0, 0.1) is 41.0 Å². The van der Waals surface area contributed by atoms with Gasteiger partial charge in [0.25, 0.3) is 5.69 Å². The van der Waals surface area contributed by atoms with Crippen LogP contribution in [0.3, 0.4) is 0 Å². The fourth-order valence-corrected chi connectivity index (χ4v) is 3.11. The first kappa shape index (κ1) is 22.4. The van der Waals surface area contributed by atoms with Gasteiger partial charge in [0.2, 0.25) is 5.91 Å². The van der Waals surface area contributed by atoms with Crippen molar-refractivity contribution in [1.82, 2.24) is 9.78 Å². The molecule has 166 valence electrons. The lowest BCUT2D eigenvalue weighted by Crippen LogP contribution is -2.25. The van der Waals surface area contributed by atoms with Crippen LogP contribution in [0.15, 0.2) is 42.6 Å². The van der Waals surface area contributed by atoms with Crippen LogP contribution in [0.1, 0.15) is 29.8 Å². The molecule has 2 aromatic carbocycles. The van der Waals surface area contributed by atoms with E-state index in [0.29, 0.717) is 5.75 Å². The molecule has 1 amide bonds. The van der Waals surface area contributed by atoms with Crippen molar-refractivity contribution in [3.05, 3.63) is 79.6 Å². The quantitative estimate of drug-likeness (QED) is 0.418. The first-order chi connectivity index (χ1) is 15.1. The number of ether oxygens (including phenoxy) is 1. The molecule has 3 aromatic rings. The zero-order valence-electron chi connectivity index (χ0n) is 17.9. The average Bonchev–Trinajstić information content (AvgIpc) is 3.11. The van der Waals surface area contributed by atoms with E-state index in [2.05, 4.69) is 10.4 Å². The van der Waals surface area contributed by atoms with Gasteiger partial charge in [0.1, 0.15) is 29.4 Å². The third kappa shape index (κ3) is 4.72. The van der Waals surface area contributed by atoms with Crippen molar-refractivity contribution in [2.45, 2.75) is 33.7 Å². The molecule has 0 aliphatic rings. The average molecular weight is 439 g/mol. The number of nitrogens with one attached hydrogen (secondary N) is 1. The van der Waals surface area contributed by atoms with E-state index in [9.17, 15) is 25.0 Å². The zero-order chi connectivity index (χ0) is 23.6. The first-order valence-corrected chi connectivity index (χ1v) is 9.60. The van der Waals surface area contributed by atoms with Crippen LogP contribution in [0.4, 0.5) is 17.1 Å². The van der Waals surface area contributed by atoms with Crippen molar-refractivity contribution < 1.29 is 19.4 Å². The molecule has 32 heavy (non-hydrogen) atoms. The highest BCUT2D eigenvalue weighted by Crippen LogP contribution is 2.32. The second kappa shape index (κ2) is 8.84. The first-order valence-electron chi connectivity index (χ1n) is 9.60. The van der Waals surface area contributed by atoms with Gasteiger partial charge in [-0.3, -0.25) is 29.7 Å². The molecule has 0 radical (unpaired) electrons. The minimum absolute atomic E-state index is 0.149. The summed E-state index contributed by atoms with van der Waals surface area (Å²) in [6, 6.07) is 8.65. The lowest BCUT2D eigenvalue weighted by atomic mass is 10.1. The van der Waals surface area contributed by atoms with E-state index in [1.54, 1.807) is 0 Å². The molecule has 0 saturated carbocycles. The molecule has 1 aromatic heterocycles. The number of non-ortho nitro benzene ring substituents is 1. The van der Waals surface area contributed by atoms with Crippen LogP contribution in [-0.4, -0.2) is 25.5 Å². The summed E-state index contributed by atoms with van der Waals surface area (Å²) >= 11 is 0. The highest BCUT2D eigenvalue weighted by atomic mass is 16.6. The number of benzene rings is 2. The number of carbonyl (C=O) groups is 1. The van der Waals surface area contributed by atoms with Gasteiger partial charge in [0.15, 0.2) is 0 Å². The van der Waals surface area contributed by atoms with Crippen LogP contribution >= 0.6 is 0 Å². The van der Waals surface area contributed by atoms with Crippen molar-refractivity contribution in [2.75, 3.05) is 5.32 Å². The number of carbonyl (C=O) groups excluding carboxylic acids is 1. The molecule has 0 saturated heterocycles. The number of nitrogens with zero attached hydrogens (tertiary/aromatic N) is 4. The number of aryl methyl sites for hydroxylation is 2. The van der Waals surface area contributed by atoms with Gasteiger partial charge in [-0.15, -0.1) is 0 Å². The number of anilines is 1. The highest BCUT2D eigenvalue weighted by Gasteiger charge is 2.24. The second-order valence-electron chi connectivity index (χ2n) is 7.33. The number of hydrogen-bond acceptors (Lipinski definition) is 7. The third-order valence-electron chi connectivity index (χ3n) is 4.90. The van der Waals surface area contributed by atoms with Gasteiger partial charge in [-0.05, 0) is 44.9 Å². The summed E-state index contributed by atoms with van der Waals surface area (Å²) in [5.74, 6) is 0.168. The topological polar surface area (TPSA) is 142 Å². The Morgan fingerprint density at radius 1 is 1.09 bits per heavy atom. The number of nitro benzene ring substituents is 1. The molecule has 0 spiro atoms. The zero-order valence-corrected chi connectivity index (χ0v) is 17.9. The van der Waals surface area contributed by atoms with Crippen LogP contribution < -0.4 is 10.1 Å². The maximum Gasteiger partial charge on any atom is 0.309 e. The van der Waals surface area contributed by atoms with Crippen molar-refractivity contribution in [3.8, 4) is 11.5 Å². The predicted octanol–water partition coefficient (Wildman–Crippen LogP) is 4.62. The summed E-state index contributed by atoms with van der Waals surface area (Å²) in [6.45, 7) is 6.75. The van der Waals surface area contributed by atoms with Crippen LogP contribution in [0.25, 0.3) is 0 Å². The summed E-state index contributed by atoms with van der Waals surface area (Å²) in [6.07, 6.45) is 1.07. The molecule has 1 N–H and O–H groups in total. The van der Waals surface area contributed by atoms with Gasteiger partial charge in [0, 0.05) is 12.1 Å². The summed E-state index contributed by atoms with van der Waals surface area (Å²) in [7, 11) is 0. The Hall–Kier alpha value is -4.28. The molecular formula is C21H21N5O6. The molecule has 0 aliphatic heterocycles. The molecular weight excluding hydrogens is 418 g/mol. The Morgan fingerprint density at radius 2 is 1.81 bits per heavy atom. The van der Waals surface area contributed by atoms with Gasteiger partial charge in [-0.1, -0.05) is 12.1 Å². The SMILES string of the molecule is Cc1ccc(C)c(Oc2cc(NC(=O)C(C)n3ncc([N+](=O)[O-])c3C)cc([N+](=O)[O-])c2)c1. The molecule has 1 heterocycles. The normalized spacial score (nSPS) is 11.6. The summed E-state index contributed by atoms with van der Waals surface area (Å²) < 4.78 is 7.07. The van der Waals surface area contributed by atoms with Gasteiger partial charge in [-0.2, -0.15) is 5.10 Å². The lowest BCUT2D eigenvalue weighted by Gasteiger charge is -2.15. The fourth-order valence-electron chi connectivity index (χ4n) is 3.11. The van der Waals surface area contributed by atoms with Crippen molar-refractivity contribution in [2.24, 2.45) is 0 Å². The summed E-state index contributed by atoms with van der Waals surface area (Å²) in [5, 5.41) is 28.9. The fraction of sp³-hybridized carbons (Fsp3) is 0.238. The third-order valence-corrected chi connectivity index (χ3v) is 4.90. The van der Waals surface area contributed by atoms with Crippen molar-refractivity contribution in [1.29, 1.82) is 0 Å². The van der Waals surface area contributed by atoms with E-state index in [-0.39, 0.29) is 28.5 Å². The van der Waals surface area contributed by atoms with Gasteiger partial charge in [-0.25, -0.2) is 0 Å². The number of aromatic nitrogens is 2. The van der Waals surface area contributed by atoms with E-state index >= 15 is 0 Å². The Labute approximate surface area is 182 Å². The molecule has 1 unspecified atom stereocenters. The van der Waals surface area contributed by atoms with Crippen molar-refractivity contribution >= 4 is 23.0 Å². The molecule has 0 fully saturated rings. The number of rotatable bonds is 7. The van der Waals surface area contributed by atoms with Gasteiger partial charge >= 0.3 is 5.69 Å². The lowest BCUT2D eigenvalue weighted by molar-refractivity contribution is -0.385. The minimum Gasteiger partial charge on any atom is -0.457 e. The van der Waals surface area contributed by atoms with E-state index < -0.39 is 21.8 Å². The number of nitro groups is 2. The Balaban J connectivity index is 1.88. The maximum absolute atomic E-state index is 12.7. The van der Waals surface area contributed by atoms with Crippen LogP contribution in [0.2, 0.25) is 0 Å². The number of hydrogen-bond donors (Lipinski definition) is 1. The van der Waals surface area contributed by atoms with Crippen LogP contribution in [0.5, 0.6) is 11.5 Å². The molecule has 0 bridgehead atoms. The Bertz CT molecular complexity index is 1220. The molecule has 0 aliphatic carbocycles. The molecule has 11 nitrogen and oxygen atoms in total. The molecule has 3 rings (SSSR count). The summed E-state index contributed by atoms with van der Waals surface area (Å²) in [5.41, 5.74) is 1.70. The van der Waals surface area contributed by atoms with E-state index in [1.807, 2.05) is 32.0 Å². The van der Waals surface area contributed by atoms with E-state index in [0.717, 1.165) is 17.3 Å². The van der Waals surface area contributed by atoms with E-state index in [1.165, 1.54) is 36.7 Å². The Morgan fingerprint density at radius 3 is 2.44 bits per heavy atom. The van der Waals surface area contributed by atoms with Crippen LogP contribution in [-0.2, 0) is 4.79 Å². The highest BCUT2D eigenvalue weighted by molar-refractivity contribution is 5.94. The predicted molar refractivity (Wildman–Crippen MR) is 116 cm³/mol. The Kier molecular flexibility index (Phi) is 6.19.